The molecule has 1 aromatic carbocycles. The summed E-state index contributed by atoms with van der Waals surface area (Å²) in [5.74, 6) is -3.28. The van der Waals surface area contributed by atoms with Crippen molar-refractivity contribution in [3.05, 3.63) is 63.1 Å². The van der Waals surface area contributed by atoms with Crippen LogP contribution in [-0.2, 0) is 6.54 Å². The molecular weight excluding hydrogens is 396 g/mol. The molecule has 30 heavy (non-hydrogen) atoms. The largest absolute Gasteiger partial charge is 0.503 e. The molecule has 2 atom stereocenters. The van der Waals surface area contributed by atoms with E-state index in [2.05, 4.69) is 5.32 Å². The first-order valence-corrected chi connectivity index (χ1v) is 9.75. The molecule has 0 radical (unpaired) electrons. The molecular formula is C21H21F2N3O4. The summed E-state index contributed by atoms with van der Waals surface area (Å²) in [4.78, 5) is 39.6. The number of pyridine rings is 1. The van der Waals surface area contributed by atoms with Crippen molar-refractivity contribution >= 4 is 11.8 Å². The summed E-state index contributed by atoms with van der Waals surface area (Å²) < 4.78 is 28.3. The van der Waals surface area contributed by atoms with Crippen molar-refractivity contribution in [2.45, 2.75) is 32.4 Å². The molecule has 158 valence electrons. The Bertz CT molecular complexity index is 1100. The van der Waals surface area contributed by atoms with Crippen molar-refractivity contribution in [1.82, 2.24) is 14.8 Å². The molecule has 0 aliphatic carbocycles. The highest BCUT2D eigenvalue weighted by Crippen LogP contribution is 2.33. The first kappa shape index (κ1) is 20.1. The van der Waals surface area contributed by atoms with Gasteiger partial charge in [0.2, 0.25) is 5.43 Å². The zero-order chi connectivity index (χ0) is 21.6. The van der Waals surface area contributed by atoms with Gasteiger partial charge in [-0.15, -0.1) is 0 Å². The van der Waals surface area contributed by atoms with E-state index in [9.17, 15) is 28.3 Å². The van der Waals surface area contributed by atoms with Gasteiger partial charge in [0.25, 0.3) is 11.8 Å². The number of nitrogens with zero attached hydrogens (tertiary/aromatic N) is 2. The number of hydrogen-bond donors (Lipinski definition) is 2. The van der Waals surface area contributed by atoms with Crippen molar-refractivity contribution in [3.63, 3.8) is 0 Å². The number of fused-ring (bicyclic) bond motifs is 4. The number of rotatable bonds is 3. The Morgan fingerprint density at radius 2 is 2.00 bits per heavy atom. The molecule has 2 amide bonds. The van der Waals surface area contributed by atoms with Crippen LogP contribution in [0, 0.1) is 17.6 Å². The molecule has 2 aromatic rings. The predicted octanol–water partition coefficient (Wildman–Crippen LogP) is 2.19. The standard InChI is InChI=1S/C21H21F2N3O4/c1-11-2-5-14-9-25(8-11)21(30)17-19(28)18(27)15(10-26(14)17)20(29)24-7-12-3-4-13(22)6-16(12)23/h3-4,6,10-11,14,28H,2,5,7-9H2,1H3,(H,24,29)/t11-,14-/m0/s1. The summed E-state index contributed by atoms with van der Waals surface area (Å²) in [5, 5.41) is 12.9. The monoisotopic (exact) mass is 417 g/mol. The highest BCUT2D eigenvalue weighted by molar-refractivity contribution is 5.99. The van der Waals surface area contributed by atoms with Crippen molar-refractivity contribution in [2.75, 3.05) is 13.1 Å². The van der Waals surface area contributed by atoms with Gasteiger partial charge < -0.3 is 19.9 Å². The lowest BCUT2D eigenvalue weighted by atomic mass is 10.0. The highest BCUT2D eigenvalue weighted by atomic mass is 19.1. The maximum absolute atomic E-state index is 13.8. The minimum Gasteiger partial charge on any atom is -0.503 e. The first-order chi connectivity index (χ1) is 14.3. The number of nitrogens with one attached hydrogen (secondary N) is 1. The Morgan fingerprint density at radius 1 is 1.23 bits per heavy atom. The lowest BCUT2D eigenvalue weighted by Gasteiger charge is -2.34. The molecule has 0 saturated carbocycles. The summed E-state index contributed by atoms with van der Waals surface area (Å²) in [6, 6.07) is 2.80. The summed E-state index contributed by atoms with van der Waals surface area (Å²) in [7, 11) is 0. The predicted molar refractivity (Wildman–Crippen MR) is 103 cm³/mol. The quantitative estimate of drug-likeness (QED) is 0.801. The van der Waals surface area contributed by atoms with Gasteiger partial charge in [-0.3, -0.25) is 14.4 Å². The smallest absolute Gasteiger partial charge is 0.274 e. The maximum Gasteiger partial charge on any atom is 0.274 e. The van der Waals surface area contributed by atoms with E-state index in [1.165, 1.54) is 16.8 Å². The van der Waals surface area contributed by atoms with Gasteiger partial charge in [-0.2, -0.15) is 0 Å². The van der Waals surface area contributed by atoms with Crippen molar-refractivity contribution in [3.8, 4) is 5.75 Å². The number of carbonyl (C=O) groups is 2. The number of amides is 2. The fourth-order valence-corrected chi connectivity index (χ4v) is 4.12. The third-order valence-corrected chi connectivity index (χ3v) is 5.75. The molecule has 0 unspecified atom stereocenters. The van der Waals surface area contributed by atoms with Gasteiger partial charge in [0, 0.05) is 37.5 Å². The van der Waals surface area contributed by atoms with Crippen LogP contribution in [0.25, 0.3) is 0 Å². The number of aromatic nitrogens is 1. The number of halogens is 2. The van der Waals surface area contributed by atoms with Crippen LogP contribution >= 0.6 is 0 Å². The van der Waals surface area contributed by atoms with Crippen LogP contribution in [0.1, 0.15) is 52.2 Å². The molecule has 1 saturated heterocycles. The molecule has 2 bridgehead atoms. The van der Waals surface area contributed by atoms with E-state index in [0.29, 0.717) is 19.2 Å². The Morgan fingerprint density at radius 3 is 2.73 bits per heavy atom. The zero-order valence-electron chi connectivity index (χ0n) is 16.3. The van der Waals surface area contributed by atoms with Gasteiger partial charge in [0.1, 0.15) is 17.2 Å². The van der Waals surface area contributed by atoms with Crippen LogP contribution < -0.4 is 10.7 Å². The number of benzene rings is 1. The summed E-state index contributed by atoms with van der Waals surface area (Å²) in [6.45, 7) is 2.77. The van der Waals surface area contributed by atoms with E-state index >= 15 is 0 Å². The third kappa shape index (κ3) is 3.44. The van der Waals surface area contributed by atoms with Gasteiger partial charge in [-0.25, -0.2) is 8.78 Å². The Labute approximate surface area is 170 Å². The molecule has 4 rings (SSSR count). The molecule has 3 heterocycles. The zero-order valence-corrected chi connectivity index (χ0v) is 16.3. The van der Waals surface area contributed by atoms with Gasteiger partial charge in [-0.05, 0) is 24.8 Å². The minimum atomic E-state index is -0.959. The number of aromatic hydroxyl groups is 1. The van der Waals surface area contributed by atoms with E-state index in [1.54, 1.807) is 4.90 Å². The second-order valence-electron chi connectivity index (χ2n) is 7.94. The lowest BCUT2D eigenvalue weighted by Crippen LogP contribution is -2.45. The lowest BCUT2D eigenvalue weighted by molar-refractivity contribution is 0.0662. The Kier molecular flexibility index (Phi) is 5.05. The normalized spacial score (nSPS) is 20.5. The summed E-state index contributed by atoms with van der Waals surface area (Å²) in [6.07, 6.45) is 2.90. The van der Waals surface area contributed by atoms with Crippen LogP contribution in [0.4, 0.5) is 8.78 Å². The van der Waals surface area contributed by atoms with Gasteiger partial charge in [-0.1, -0.05) is 13.0 Å². The average molecular weight is 417 g/mol. The SMILES string of the molecule is C[C@H]1CC[C@H]2CN(C1)C(=O)c1c(O)c(=O)c(C(=O)NCc3ccc(F)cc3F)cn12. The van der Waals surface area contributed by atoms with E-state index in [4.69, 9.17) is 0 Å². The van der Waals surface area contributed by atoms with Crippen LogP contribution in [0.15, 0.2) is 29.2 Å². The second-order valence-corrected chi connectivity index (χ2v) is 7.94. The number of hydrogen-bond acceptors (Lipinski definition) is 4. The fraction of sp³-hybridized carbons (Fsp3) is 0.381. The van der Waals surface area contributed by atoms with Crippen LogP contribution in [0.2, 0.25) is 0 Å². The van der Waals surface area contributed by atoms with Crippen molar-refractivity contribution < 1.29 is 23.5 Å². The Hall–Kier alpha value is -3.23. The van der Waals surface area contributed by atoms with Gasteiger partial charge in [0.15, 0.2) is 11.4 Å². The third-order valence-electron chi connectivity index (χ3n) is 5.75. The van der Waals surface area contributed by atoms with E-state index in [-0.39, 0.29) is 35.3 Å². The van der Waals surface area contributed by atoms with Crippen LogP contribution in [0.3, 0.4) is 0 Å². The molecule has 0 spiro atoms. The maximum atomic E-state index is 13.8. The molecule has 2 aliphatic rings. The van der Waals surface area contributed by atoms with E-state index in [1.807, 2.05) is 6.92 Å². The van der Waals surface area contributed by atoms with Crippen molar-refractivity contribution in [1.29, 1.82) is 0 Å². The molecule has 7 nitrogen and oxygen atoms in total. The van der Waals surface area contributed by atoms with E-state index in [0.717, 1.165) is 18.9 Å². The van der Waals surface area contributed by atoms with Gasteiger partial charge >= 0.3 is 0 Å². The van der Waals surface area contributed by atoms with Gasteiger partial charge in [0.05, 0.1) is 6.04 Å². The highest BCUT2D eigenvalue weighted by Gasteiger charge is 2.37. The molecule has 1 aromatic heterocycles. The summed E-state index contributed by atoms with van der Waals surface area (Å²) in [5.41, 5.74) is -1.35. The number of carbonyl (C=O) groups excluding carboxylic acids is 2. The molecule has 2 aliphatic heterocycles. The van der Waals surface area contributed by atoms with Crippen LogP contribution in [-0.4, -0.2) is 39.5 Å². The van der Waals surface area contributed by atoms with E-state index < -0.39 is 34.6 Å². The molecule has 1 fully saturated rings. The van der Waals surface area contributed by atoms with Crippen LogP contribution in [0.5, 0.6) is 5.75 Å². The Balaban J connectivity index is 1.66. The average Bonchev–Trinajstić information content (AvgIpc) is 2.87. The molecule has 2 N–H and O–H groups in total. The topological polar surface area (TPSA) is 91.6 Å². The minimum absolute atomic E-state index is 0.0515. The first-order valence-electron chi connectivity index (χ1n) is 9.75. The fourth-order valence-electron chi connectivity index (χ4n) is 4.12. The molecule has 9 heteroatoms. The second kappa shape index (κ2) is 7.55. The van der Waals surface area contributed by atoms with Crippen molar-refractivity contribution in [2.24, 2.45) is 5.92 Å². The summed E-state index contributed by atoms with van der Waals surface area (Å²) >= 11 is 0.